The molecule has 5 rings (SSSR count). The van der Waals surface area contributed by atoms with Crippen LogP contribution >= 0.6 is 27.3 Å². The predicted octanol–water partition coefficient (Wildman–Crippen LogP) is 4.60. The third kappa shape index (κ3) is 4.30. The van der Waals surface area contributed by atoms with Gasteiger partial charge in [-0.05, 0) is 48.9 Å². The lowest BCUT2D eigenvalue weighted by Gasteiger charge is -2.14. The smallest absolute Gasteiger partial charge is 0.291 e. The molecule has 2 aromatic carbocycles. The number of fused-ring (bicyclic) bond motifs is 2. The van der Waals surface area contributed by atoms with Crippen molar-refractivity contribution in [2.75, 3.05) is 18.1 Å². The maximum Gasteiger partial charge on any atom is 0.291 e. The molecule has 0 spiro atoms. The van der Waals surface area contributed by atoms with E-state index in [1.807, 2.05) is 42.5 Å². The normalized spacial score (nSPS) is 14.6. The van der Waals surface area contributed by atoms with Gasteiger partial charge in [-0.1, -0.05) is 53.1 Å². The Kier molecular flexibility index (Phi) is 6.53. The van der Waals surface area contributed by atoms with E-state index in [1.165, 1.54) is 15.9 Å². The maximum atomic E-state index is 13.3. The molecule has 1 aliphatic rings. The summed E-state index contributed by atoms with van der Waals surface area (Å²) in [6.07, 6.45) is 4.99. The van der Waals surface area contributed by atoms with Gasteiger partial charge in [-0.2, -0.15) is 9.50 Å². The van der Waals surface area contributed by atoms with Crippen molar-refractivity contribution >= 4 is 49.4 Å². The molecule has 0 unspecified atom stereocenters. The van der Waals surface area contributed by atoms with Gasteiger partial charge in [-0.25, -0.2) is 0 Å². The van der Waals surface area contributed by atoms with Gasteiger partial charge in [-0.3, -0.25) is 9.59 Å². The van der Waals surface area contributed by atoms with Crippen LogP contribution in [0.3, 0.4) is 0 Å². The van der Waals surface area contributed by atoms with Gasteiger partial charge in [-0.15, -0.1) is 11.7 Å². The first-order chi connectivity index (χ1) is 17.0. The summed E-state index contributed by atoms with van der Waals surface area (Å²) >= 11 is 4.65. The van der Waals surface area contributed by atoms with Crippen molar-refractivity contribution in [1.29, 1.82) is 0 Å². The Morgan fingerprint density at radius 2 is 1.94 bits per heavy atom. The number of amides is 1. The quantitative estimate of drug-likeness (QED) is 0.236. The van der Waals surface area contributed by atoms with Crippen molar-refractivity contribution in [3.63, 3.8) is 0 Å². The van der Waals surface area contributed by atoms with Gasteiger partial charge in [0.15, 0.2) is 5.82 Å². The van der Waals surface area contributed by atoms with E-state index in [2.05, 4.69) is 39.5 Å². The molecule has 0 bridgehead atoms. The van der Waals surface area contributed by atoms with Crippen molar-refractivity contribution in [3.05, 3.63) is 80.0 Å². The van der Waals surface area contributed by atoms with E-state index in [1.54, 1.807) is 11.0 Å². The topological polar surface area (TPSA) is 76.8 Å². The van der Waals surface area contributed by atoms with Gasteiger partial charge in [0.05, 0.1) is 17.9 Å². The van der Waals surface area contributed by atoms with E-state index in [4.69, 9.17) is 4.74 Å². The molecule has 1 aliphatic heterocycles. The highest BCUT2D eigenvalue weighted by Crippen LogP contribution is 2.37. The molecule has 9 heteroatoms. The predicted molar refractivity (Wildman–Crippen MR) is 142 cm³/mol. The fourth-order valence-electron chi connectivity index (χ4n) is 4.08. The third-order valence-corrected chi connectivity index (χ3v) is 7.33. The van der Waals surface area contributed by atoms with Crippen LogP contribution < -0.4 is 19.7 Å². The standard InChI is InChI=1S/C26H23BrN4O3S/c1-3-5-6-14-34-18-10-7-16(8-11-18)23-28-26-31(29-23)25(33)22(35-26)21-19-15-17(27)9-12-20(19)30(13-4-2)24(21)32/h4,7-12,15H,2-3,5-6,13-14H2,1H3/b22-21-. The average Bonchev–Trinajstić information content (AvgIpc) is 3.48. The lowest BCUT2D eigenvalue weighted by molar-refractivity contribution is -0.112. The fraction of sp³-hybridized carbons (Fsp3) is 0.231. The number of carbonyl (C=O) groups excluding carboxylic acids is 1. The summed E-state index contributed by atoms with van der Waals surface area (Å²) in [4.78, 5) is 33.2. The summed E-state index contributed by atoms with van der Waals surface area (Å²) in [7, 11) is 0. The highest BCUT2D eigenvalue weighted by Gasteiger charge is 2.34. The first-order valence-corrected chi connectivity index (χ1v) is 13.0. The second kappa shape index (κ2) is 9.75. The molecule has 0 N–H and O–H groups in total. The Bertz CT molecular complexity index is 1540. The number of carbonyl (C=O) groups is 1. The van der Waals surface area contributed by atoms with Gasteiger partial charge in [0, 0.05) is 22.1 Å². The molecule has 2 aromatic heterocycles. The van der Waals surface area contributed by atoms with Crippen LogP contribution in [0.25, 0.3) is 21.9 Å². The molecule has 0 saturated carbocycles. The Morgan fingerprint density at radius 3 is 2.66 bits per heavy atom. The second-order valence-corrected chi connectivity index (χ2v) is 10.1. The zero-order chi connectivity index (χ0) is 24.5. The summed E-state index contributed by atoms with van der Waals surface area (Å²) in [5, 5.41) is 4.44. The van der Waals surface area contributed by atoms with Crippen molar-refractivity contribution in [2.45, 2.75) is 26.2 Å². The average molecular weight is 551 g/mol. The van der Waals surface area contributed by atoms with Crippen LogP contribution in [0.15, 0.2) is 64.4 Å². The van der Waals surface area contributed by atoms with Gasteiger partial charge >= 0.3 is 0 Å². The molecule has 3 heterocycles. The van der Waals surface area contributed by atoms with Crippen LogP contribution in [0.5, 0.6) is 5.75 Å². The number of benzene rings is 2. The fourth-order valence-corrected chi connectivity index (χ4v) is 5.44. The summed E-state index contributed by atoms with van der Waals surface area (Å²) in [6.45, 7) is 6.96. The number of anilines is 1. The summed E-state index contributed by atoms with van der Waals surface area (Å²) in [5.74, 6) is 1.02. The Hall–Kier alpha value is -3.30. The largest absolute Gasteiger partial charge is 0.494 e. The zero-order valence-electron chi connectivity index (χ0n) is 19.2. The molecule has 0 atom stereocenters. The molecule has 0 aliphatic carbocycles. The number of hydrogen-bond acceptors (Lipinski definition) is 6. The highest BCUT2D eigenvalue weighted by atomic mass is 79.9. The van der Waals surface area contributed by atoms with E-state index >= 15 is 0 Å². The molecule has 0 saturated heterocycles. The number of unbranched alkanes of at least 4 members (excludes halogenated alkanes) is 2. The van der Waals surface area contributed by atoms with E-state index in [9.17, 15) is 9.59 Å². The Morgan fingerprint density at radius 1 is 1.14 bits per heavy atom. The van der Waals surface area contributed by atoms with Crippen LogP contribution in [0.4, 0.5) is 5.69 Å². The zero-order valence-corrected chi connectivity index (χ0v) is 21.6. The molecule has 178 valence electrons. The number of aromatic nitrogens is 3. The van der Waals surface area contributed by atoms with E-state index < -0.39 is 0 Å². The van der Waals surface area contributed by atoms with Gasteiger partial charge in [0.1, 0.15) is 10.3 Å². The van der Waals surface area contributed by atoms with E-state index in [-0.39, 0.29) is 11.5 Å². The van der Waals surface area contributed by atoms with E-state index in [0.29, 0.717) is 39.6 Å². The monoisotopic (exact) mass is 550 g/mol. The number of nitrogens with zero attached hydrogens (tertiary/aromatic N) is 4. The number of thiazole rings is 1. The Labute approximate surface area is 214 Å². The first-order valence-electron chi connectivity index (χ1n) is 11.4. The Balaban J connectivity index is 1.51. The van der Waals surface area contributed by atoms with Gasteiger partial charge in [0.2, 0.25) is 4.96 Å². The molecule has 7 nitrogen and oxygen atoms in total. The SMILES string of the molecule is C=CCN1C(=O)/C(=c2\sc3nc(-c4ccc(OCCCCC)cc4)nn3c2=O)c2cc(Br)ccc21. The minimum atomic E-state index is -0.352. The number of halogens is 1. The summed E-state index contributed by atoms with van der Waals surface area (Å²) < 4.78 is 8.20. The highest BCUT2D eigenvalue weighted by molar-refractivity contribution is 9.10. The summed E-state index contributed by atoms with van der Waals surface area (Å²) in [5.41, 5.74) is 2.27. The molecular weight excluding hydrogens is 528 g/mol. The van der Waals surface area contributed by atoms with Crippen molar-refractivity contribution < 1.29 is 9.53 Å². The molecule has 4 aromatic rings. The minimum Gasteiger partial charge on any atom is -0.494 e. The third-order valence-electron chi connectivity index (χ3n) is 5.80. The van der Waals surface area contributed by atoms with Gasteiger partial charge < -0.3 is 9.64 Å². The van der Waals surface area contributed by atoms with Gasteiger partial charge in [0.25, 0.3) is 11.5 Å². The molecular formula is C26H23BrN4O3S. The summed E-state index contributed by atoms with van der Waals surface area (Å²) in [6, 6.07) is 13.1. The minimum absolute atomic E-state index is 0.227. The van der Waals surface area contributed by atoms with Crippen LogP contribution in [-0.4, -0.2) is 33.7 Å². The molecule has 0 fully saturated rings. The van der Waals surface area contributed by atoms with Crippen LogP contribution in [0.2, 0.25) is 0 Å². The van der Waals surface area contributed by atoms with Crippen LogP contribution in [0, 0.1) is 0 Å². The van der Waals surface area contributed by atoms with Crippen molar-refractivity contribution in [2.24, 2.45) is 0 Å². The maximum absolute atomic E-state index is 13.3. The number of hydrogen-bond donors (Lipinski definition) is 0. The van der Waals surface area contributed by atoms with Crippen molar-refractivity contribution in [1.82, 2.24) is 14.6 Å². The second-order valence-electron chi connectivity index (χ2n) is 8.19. The van der Waals surface area contributed by atoms with Crippen molar-refractivity contribution in [3.8, 4) is 17.1 Å². The van der Waals surface area contributed by atoms with Crippen LogP contribution in [-0.2, 0) is 4.79 Å². The van der Waals surface area contributed by atoms with Crippen LogP contribution in [0.1, 0.15) is 31.7 Å². The lowest BCUT2D eigenvalue weighted by atomic mass is 10.1. The lowest BCUT2D eigenvalue weighted by Crippen LogP contribution is -2.32. The van der Waals surface area contributed by atoms with E-state index in [0.717, 1.165) is 40.7 Å². The first kappa shape index (κ1) is 23.4. The molecule has 35 heavy (non-hydrogen) atoms. The molecule has 1 amide bonds. The molecule has 0 radical (unpaired) electrons. The number of ether oxygens (including phenoxy) is 1. The number of rotatable bonds is 8.